The number of hydrogen-bond acceptors (Lipinski definition) is 6. The highest BCUT2D eigenvalue weighted by molar-refractivity contribution is 8.02. The molecule has 2 fully saturated rings. The van der Waals surface area contributed by atoms with E-state index in [0.29, 0.717) is 43.1 Å². The average molecular weight is 553 g/mol. The molecule has 7 nitrogen and oxygen atoms in total. The second-order valence-electron chi connectivity index (χ2n) is 10.9. The molecule has 1 amide bonds. The highest BCUT2D eigenvalue weighted by Crippen LogP contribution is 2.54. The zero-order valence-corrected chi connectivity index (χ0v) is 22.0. The summed E-state index contributed by atoms with van der Waals surface area (Å²) in [6.45, 7) is 1.30. The van der Waals surface area contributed by atoms with Crippen molar-refractivity contribution in [2.45, 2.75) is 33.9 Å². The number of thioether (sulfide) groups is 1. The van der Waals surface area contributed by atoms with Crippen molar-refractivity contribution >= 4 is 41.2 Å². The van der Waals surface area contributed by atoms with E-state index in [0.717, 1.165) is 23.9 Å². The minimum atomic E-state index is -1.92. The van der Waals surface area contributed by atoms with E-state index in [1.807, 2.05) is 0 Å². The van der Waals surface area contributed by atoms with Gasteiger partial charge in [-0.25, -0.2) is 8.78 Å². The van der Waals surface area contributed by atoms with E-state index in [9.17, 15) is 19.1 Å². The summed E-state index contributed by atoms with van der Waals surface area (Å²) in [6.07, 6.45) is 1.73. The van der Waals surface area contributed by atoms with Crippen LogP contribution < -0.4 is 10.4 Å². The Morgan fingerprint density at radius 3 is 2.50 bits per heavy atom. The van der Waals surface area contributed by atoms with Crippen molar-refractivity contribution < 1.29 is 23.4 Å². The topological polar surface area (TPSA) is 75.0 Å². The molecule has 4 aliphatic rings. The van der Waals surface area contributed by atoms with Crippen LogP contribution in [0.25, 0.3) is 0 Å². The van der Waals surface area contributed by atoms with Gasteiger partial charge in [-0.3, -0.25) is 19.3 Å². The number of halogens is 2. The molecule has 2 aromatic carbocycles. The van der Waals surface area contributed by atoms with E-state index in [1.54, 1.807) is 34.2 Å². The molecule has 1 N–H and O–H groups in total. The van der Waals surface area contributed by atoms with Crippen LogP contribution in [0.1, 0.15) is 40.0 Å². The molecule has 0 unspecified atom stereocenters. The Hall–Kier alpha value is -3.18. The zero-order chi connectivity index (χ0) is 28.2. The van der Waals surface area contributed by atoms with Crippen molar-refractivity contribution in [1.29, 1.82) is 0 Å². The van der Waals surface area contributed by atoms with Gasteiger partial charge in [0.25, 0.3) is 5.91 Å². The third-order valence-electron chi connectivity index (χ3n) is 8.54. The molecule has 4 aliphatic heterocycles. The third-order valence-corrected chi connectivity index (χ3v) is 9.66. The van der Waals surface area contributed by atoms with Crippen LogP contribution in [0.3, 0.4) is 0 Å². The van der Waals surface area contributed by atoms with Crippen molar-refractivity contribution in [3.63, 3.8) is 0 Å². The fourth-order valence-corrected chi connectivity index (χ4v) is 7.69. The number of piperidine rings is 1. The van der Waals surface area contributed by atoms with Gasteiger partial charge >= 0.3 is 0 Å². The highest BCUT2D eigenvalue weighted by atomic mass is 32.2. The molecule has 5 heterocycles. The first-order valence-corrected chi connectivity index (χ1v) is 13.6. The van der Waals surface area contributed by atoms with Gasteiger partial charge in [-0.2, -0.15) is 0 Å². The first-order valence-electron chi connectivity index (χ1n) is 12.8. The molecule has 6 radical (unpaired) electrons. The number of amides is 1. The predicted molar refractivity (Wildman–Crippen MR) is 146 cm³/mol. The summed E-state index contributed by atoms with van der Waals surface area (Å²) in [5.41, 5.74) is -2.83. The monoisotopic (exact) mass is 553 g/mol. The fourth-order valence-electron chi connectivity index (χ4n) is 6.54. The minimum Gasteiger partial charge on any atom is -0.502 e. The molecular weight excluding hydrogens is 533 g/mol. The van der Waals surface area contributed by atoms with Crippen molar-refractivity contribution in [2.75, 3.05) is 24.8 Å². The highest BCUT2D eigenvalue weighted by Gasteiger charge is 2.56. The van der Waals surface area contributed by atoms with Gasteiger partial charge in [0.2, 0.25) is 5.43 Å². The van der Waals surface area contributed by atoms with Crippen molar-refractivity contribution in [1.82, 2.24) is 9.58 Å². The van der Waals surface area contributed by atoms with Crippen LogP contribution in [-0.4, -0.2) is 70.1 Å². The number of carbonyl (C=O) groups is 1. The van der Waals surface area contributed by atoms with Gasteiger partial charge in [-0.05, 0) is 46.2 Å². The standard InChI is InChI=1S/C27H20B3F2N3O4S/c28-26(14-3-1-2-4-18(14)40-27(29,30)20-15(26)5-6-16(31)21(20)32)35-19-11-25(12-39-13-25)8-10-33(19)24(38)22-23(37)17(36)7-9-34(22)35/h1-7,9,19,37H,8,10-13H2/t19-,26+/m1/s1. The Bertz CT molecular complexity index is 1670. The largest absolute Gasteiger partial charge is 0.502 e. The molecule has 0 aliphatic carbocycles. The first-order chi connectivity index (χ1) is 19.0. The van der Waals surface area contributed by atoms with E-state index in [-0.39, 0.29) is 22.2 Å². The minimum absolute atomic E-state index is 0.0803. The number of ether oxygens (including phenoxy) is 1. The van der Waals surface area contributed by atoms with Gasteiger partial charge in [0.05, 0.1) is 34.3 Å². The fraction of sp³-hybridized carbons (Fsp3) is 0.333. The molecule has 0 saturated carbocycles. The smallest absolute Gasteiger partial charge is 0.278 e. The molecular formula is C27H20B3F2N3O4S. The molecule has 40 heavy (non-hydrogen) atoms. The Kier molecular flexibility index (Phi) is 5.43. The number of pyridine rings is 1. The van der Waals surface area contributed by atoms with Gasteiger partial charge in [0.15, 0.2) is 23.1 Å². The lowest BCUT2D eigenvalue weighted by Gasteiger charge is -2.60. The van der Waals surface area contributed by atoms with E-state index >= 15 is 4.39 Å². The number of carbonyl (C=O) groups excluding carboxylic acids is 1. The molecule has 1 aromatic heterocycles. The zero-order valence-electron chi connectivity index (χ0n) is 21.1. The Morgan fingerprint density at radius 1 is 1.02 bits per heavy atom. The summed E-state index contributed by atoms with van der Waals surface area (Å²) < 4.78 is 35.4. The maximum atomic E-state index is 15.7. The van der Waals surface area contributed by atoms with Crippen LogP contribution in [0.2, 0.25) is 0 Å². The molecule has 13 heteroatoms. The second-order valence-corrected chi connectivity index (χ2v) is 12.3. The van der Waals surface area contributed by atoms with Crippen LogP contribution in [0.5, 0.6) is 5.75 Å². The molecule has 2 saturated heterocycles. The molecule has 1 spiro atoms. The number of aromatic hydroxyl groups is 1. The SMILES string of the molecule is [B]C1([B])Sc2ccccc2[C@]([B])(N2[C@@H]3CC4(CCN3C(=O)c3c(O)c(=O)ccn32)COC4)c2ccc(F)c(F)c21. The van der Waals surface area contributed by atoms with Crippen LogP contribution in [-0.2, 0) is 14.7 Å². The Labute approximate surface area is 236 Å². The number of fused-ring (bicyclic) bond motifs is 4. The summed E-state index contributed by atoms with van der Waals surface area (Å²) in [4.78, 5) is 28.4. The second kappa shape index (κ2) is 8.42. The number of nitrogens with zero attached hydrogens (tertiary/aromatic N) is 3. The number of hydrogen-bond donors (Lipinski definition) is 1. The lowest BCUT2D eigenvalue weighted by molar-refractivity contribution is -0.150. The number of benzene rings is 2. The van der Waals surface area contributed by atoms with Gasteiger partial charge < -0.3 is 14.7 Å². The van der Waals surface area contributed by atoms with Crippen LogP contribution in [0.15, 0.2) is 58.4 Å². The van der Waals surface area contributed by atoms with Crippen LogP contribution in [0.4, 0.5) is 8.78 Å². The van der Waals surface area contributed by atoms with Crippen LogP contribution in [0, 0.1) is 17.0 Å². The third kappa shape index (κ3) is 3.30. The Morgan fingerprint density at radius 2 is 1.77 bits per heavy atom. The Balaban J connectivity index is 1.59. The van der Waals surface area contributed by atoms with Gasteiger partial charge in [0.1, 0.15) is 14.0 Å². The van der Waals surface area contributed by atoms with Crippen LogP contribution >= 0.6 is 11.8 Å². The molecule has 0 bridgehead atoms. The quantitative estimate of drug-likeness (QED) is 0.466. The summed E-state index contributed by atoms with van der Waals surface area (Å²) in [7, 11) is 20.4. The summed E-state index contributed by atoms with van der Waals surface area (Å²) >= 11 is 0.932. The summed E-state index contributed by atoms with van der Waals surface area (Å²) in [5, 5.41) is 12.5. The van der Waals surface area contributed by atoms with Crippen molar-refractivity contribution in [2.24, 2.45) is 5.41 Å². The van der Waals surface area contributed by atoms with Gasteiger partial charge in [0, 0.05) is 29.1 Å². The molecule has 2 atom stereocenters. The predicted octanol–water partition coefficient (Wildman–Crippen LogP) is 1.99. The maximum absolute atomic E-state index is 15.7. The van der Waals surface area contributed by atoms with Gasteiger partial charge in [-0.1, -0.05) is 24.3 Å². The average Bonchev–Trinajstić information content (AvgIpc) is 2.97. The normalized spacial score (nSPS) is 25.8. The number of aromatic nitrogens is 1. The summed E-state index contributed by atoms with van der Waals surface area (Å²) in [6, 6.07) is 10.4. The van der Waals surface area contributed by atoms with E-state index in [2.05, 4.69) is 0 Å². The number of rotatable bonds is 1. The summed E-state index contributed by atoms with van der Waals surface area (Å²) in [5.74, 6) is -3.66. The van der Waals surface area contributed by atoms with Gasteiger partial charge in [-0.15, -0.1) is 11.8 Å². The van der Waals surface area contributed by atoms with Crippen molar-refractivity contribution in [3.05, 3.63) is 92.9 Å². The lowest BCUT2D eigenvalue weighted by atomic mass is 9.58. The van der Waals surface area contributed by atoms with E-state index in [1.165, 1.54) is 16.9 Å². The maximum Gasteiger partial charge on any atom is 0.278 e. The van der Waals surface area contributed by atoms with E-state index in [4.69, 9.17) is 28.3 Å². The molecule has 196 valence electrons. The molecule has 3 aromatic rings. The van der Waals surface area contributed by atoms with E-state index < -0.39 is 44.9 Å². The first kappa shape index (κ1) is 25.8. The van der Waals surface area contributed by atoms with Crippen molar-refractivity contribution in [3.8, 4) is 5.75 Å². The lowest BCUT2D eigenvalue weighted by Crippen LogP contribution is -2.72. The molecule has 7 rings (SSSR count).